The monoisotopic (exact) mass is 497 g/mol. The van der Waals surface area contributed by atoms with Crippen LogP contribution in [0.2, 0.25) is 5.02 Å². The highest BCUT2D eigenvalue weighted by Crippen LogP contribution is 2.59. The molecule has 0 saturated heterocycles. The van der Waals surface area contributed by atoms with Crippen molar-refractivity contribution in [1.82, 2.24) is 4.90 Å². The minimum Gasteiger partial charge on any atom is -0.355 e. The first-order valence-corrected chi connectivity index (χ1v) is 14.5. The van der Waals surface area contributed by atoms with Crippen LogP contribution >= 0.6 is 11.6 Å². The first-order chi connectivity index (χ1) is 17.3. The summed E-state index contributed by atoms with van der Waals surface area (Å²) in [7, 11) is 0. The van der Waals surface area contributed by atoms with E-state index in [1.807, 2.05) is 0 Å². The van der Waals surface area contributed by atoms with Crippen LogP contribution in [-0.2, 0) is 0 Å². The molecule has 1 aliphatic heterocycles. The third-order valence-electron chi connectivity index (χ3n) is 9.57. The van der Waals surface area contributed by atoms with E-state index in [4.69, 9.17) is 18.2 Å². The predicted octanol–water partition coefficient (Wildman–Crippen LogP) is 9.77. The fourth-order valence-corrected chi connectivity index (χ4v) is 7.98. The quantitative estimate of drug-likeness (QED) is 0.397. The topological polar surface area (TPSA) is 3.24 Å². The van der Waals surface area contributed by atoms with Gasteiger partial charge < -0.3 is 4.90 Å². The second-order valence-electron chi connectivity index (χ2n) is 12.2. The Labute approximate surface area is 222 Å². The number of hydrogen-bond donors (Lipinski definition) is 0. The lowest BCUT2D eigenvalue weighted by Crippen LogP contribution is -2.50. The van der Waals surface area contributed by atoms with Crippen LogP contribution in [0, 0.1) is 24.7 Å². The Morgan fingerprint density at radius 3 is 2.39 bits per heavy atom. The van der Waals surface area contributed by atoms with Gasteiger partial charge in [0.2, 0.25) is 0 Å². The third kappa shape index (κ3) is 4.28. The van der Waals surface area contributed by atoms with E-state index in [1.165, 1.54) is 91.3 Å². The van der Waals surface area contributed by atoms with Crippen molar-refractivity contribution in [1.29, 1.82) is 0 Å². The van der Waals surface area contributed by atoms with Crippen molar-refractivity contribution >= 4 is 22.7 Å². The predicted molar refractivity (Wildman–Crippen MR) is 154 cm³/mol. The number of nitrogens with zero attached hydrogens (tertiary/aromatic N) is 1. The number of rotatable bonds is 5. The Kier molecular flexibility index (Phi) is 6.19. The van der Waals surface area contributed by atoms with Gasteiger partial charge in [0.15, 0.2) is 0 Å². The number of hydrogen-bond acceptors (Lipinski definition) is 1. The van der Waals surface area contributed by atoms with E-state index in [9.17, 15) is 0 Å². The van der Waals surface area contributed by atoms with E-state index in [1.54, 1.807) is 0 Å². The smallest absolute Gasteiger partial charge is 0.0603 e. The fourth-order valence-electron chi connectivity index (χ4n) is 7.69. The molecule has 1 heterocycles. The summed E-state index contributed by atoms with van der Waals surface area (Å²) in [4.78, 5) is 2.80. The van der Waals surface area contributed by atoms with E-state index in [2.05, 4.69) is 73.9 Å². The molecule has 3 aliphatic carbocycles. The molecule has 1 nitrogen and oxygen atoms in total. The third-order valence-corrected chi connectivity index (χ3v) is 9.79. The van der Waals surface area contributed by atoms with Crippen molar-refractivity contribution < 1.29 is 0 Å². The molecule has 4 aliphatic rings. The molecular weight excluding hydrogens is 458 g/mol. The van der Waals surface area contributed by atoms with Crippen molar-refractivity contribution in [2.24, 2.45) is 17.8 Å². The van der Waals surface area contributed by atoms with Crippen LogP contribution in [0.3, 0.4) is 0 Å². The molecule has 4 atom stereocenters. The summed E-state index contributed by atoms with van der Waals surface area (Å²) in [5.41, 5.74) is 8.80. The Morgan fingerprint density at radius 2 is 1.72 bits per heavy atom. The van der Waals surface area contributed by atoms with Gasteiger partial charge >= 0.3 is 0 Å². The molecular formula is C34H40ClN. The molecule has 0 bridgehead atoms. The summed E-state index contributed by atoms with van der Waals surface area (Å²) in [6, 6.07) is 16.1. The van der Waals surface area contributed by atoms with Crippen molar-refractivity contribution in [2.75, 3.05) is 0 Å². The molecule has 3 fully saturated rings. The number of aryl methyl sites for hydroxylation is 1. The number of benzene rings is 2. The van der Waals surface area contributed by atoms with Gasteiger partial charge in [0, 0.05) is 16.3 Å². The van der Waals surface area contributed by atoms with Gasteiger partial charge in [-0.25, -0.2) is 0 Å². The van der Waals surface area contributed by atoms with Crippen molar-refractivity contribution in [3.05, 3.63) is 94.7 Å². The maximum Gasteiger partial charge on any atom is 0.0603 e. The van der Waals surface area contributed by atoms with Gasteiger partial charge in [-0.05, 0) is 104 Å². The second kappa shape index (κ2) is 9.25. The highest BCUT2D eigenvalue weighted by molar-refractivity contribution is 6.30. The van der Waals surface area contributed by atoms with Crippen LogP contribution in [0.1, 0.15) is 93.0 Å². The Bertz CT molecular complexity index is 1200. The van der Waals surface area contributed by atoms with Gasteiger partial charge in [0.05, 0.1) is 11.6 Å². The minimum atomic E-state index is 0.0570. The zero-order valence-corrected chi connectivity index (χ0v) is 22.8. The molecule has 0 amide bonds. The number of halogens is 1. The number of fused-ring (bicyclic) bond motifs is 1. The van der Waals surface area contributed by atoms with Crippen LogP contribution < -0.4 is 0 Å². The summed E-state index contributed by atoms with van der Waals surface area (Å²) < 4.78 is 0. The Morgan fingerprint density at radius 1 is 1.00 bits per heavy atom. The summed E-state index contributed by atoms with van der Waals surface area (Å²) in [6.45, 7) is 13.2. The molecule has 0 radical (unpaired) electrons. The maximum atomic E-state index is 6.56. The lowest BCUT2D eigenvalue weighted by Gasteiger charge is -2.52. The van der Waals surface area contributed by atoms with Crippen LogP contribution in [-0.4, -0.2) is 10.4 Å². The molecule has 188 valence electrons. The lowest BCUT2D eigenvalue weighted by atomic mass is 9.64. The van der Waals surface area contributed by atoms with Gasteiger partial charge in [0.1, 0.15) is 0 Å². The summed E-state index contributed by atoms with van der Waals surface area (Å²) in [5.74, 6) is 2.46. The van der Waals surface area contributed by atoms with E-state index >= 15 is 0 Å². The zero-order valence-electron chi connectivity index (χ0n) is 22.0. The molecule has 2 aromatic rings. The van der Waals surface area contributed by atoms with Crippen molar-refractivity contribution in [3.63, 3.8) is 0 Å². The zero-order chi connectivity index (χ0) is 25.0. The Balaban J connectivity index is 1.45. The molecule has 6 rings (SSSR count). The standard InChI is InChI=1S/C34H40ClN/c1-22(2)25-9-11-27(12-10-25)33(28-13-14-28)36-24(4)32(30-17-23(3)18-31(35)19-30)21-34(36)16-15-26-7-5-6-8-29(26)20-34/h9-12,17-19,21,26,28-29,33H,1,4-8,13-16,20H2,2-3H3. The van der Waals surface area contributed by atoms with Gasteiger partial charge in [-0.3, -0.25) is 0 Å². The van der Waals surface area contributed by atoms with Crippen molar-refractivity contribution in [3.8, 4) is 0 Å². The SMILES string of the molecule is C=C(C)c1ccc(C(C2CC2)N2C(=C)C(c3cc(C)cc(Cl)c3)=CC23CCC2CCCCC2C3)cc1. The molecule has 2 heteroatoms. The average molecular weight is 498 g/mol. The molecule has 0 N–H and O–H groups in total. The molecule has 36 heavy (non-hydrogen) atoms. The first kappa shape index (κ1) is 24.1. The van der Waals surface area contributed by atoms with Gasteiger partial charge in [-0.15, -0.1) is 0 Å². The summed E-state index contributed by atoms with van der Waals surface area (Å²) >= 11 is 6.56. The minimum absolute atomic E-state index is 0.0570. The van der Waals surface area contributed by atoms with E-state index < -0.39 is 0 Å². The second-order valence-corrected chi connectivity index (χ2v) is 12.7. The molecule has 1 spiro atoms. The van der Waals surface area contributed by atoms with E-state index in [0.29, 0.717) is 12.0 Å². The van der Waals surface area contributed by atoms with Crippen LogP contribution in [0.15, 0.2) is 67.4 Å². The summed E-state index contributed by atoms with van der Waals surface area (Å²) in [5, 5.41) is 0.816. The highest BCUT2D eigenvalue weighted by Gasteiger charge is 2.53. The van der Waals surface area contributed by atoms with Crippen LogP contribution in [0.4, 0.5) is 0 Å². The Hall–Kier alpha value is -2.25. The maximum absolute atomic E-state index is 6.56. The highest BCUT2D eigenvalue weighted by atomic mass is 35.5. The summed E-state index contributed by atoms with van der Waals surface area (Å²) in [6.07, 6.45) is 14.8. The fraction of sp³-hybridized carbons (Fsp3) is 0.471. The van der Waals surface area contributed by atoms with Crippen molar-refractivity contribution in [2.45, 2.75) is 83.2 Å². The molecule has 2 aromatic carbocycles. The van der Waals surface area contributed by atoms with Crippen LogP contribution in [0.25, 0.3) is 11.1 Å². The number of allylic oxidation sites excluding steroid dienone is 2. The average Bonchev–Trinajstić information content (AvgIpc) is 3.66. The first-order valence-electron chi connectivity index (χ1n) is 14.1. The molecule has 3 saturated carbocycles. The van der Waals surface area contributed by atoms with E-state index in [0.717, 1.165) is 22.4 Å². The molecule has 0 aromatic heterocycles. The van der Waals surface area contributed by atoms with E-state index in [-0.39, 0.29) is 5.54 Å². The van der Waals surface area contributed by atoms with Crippen LogP contribution in [0.5, 0.6) is 0 Å². The van der Waals surface area contributed by atoms with Gasteiger partial charge in [-0.1, -0.05) is 86.3 Å². The largest absolute Gasteiger partial charge is 0.355 e. The van der Waals surface area contributed by atoms with Gasteiger partial charge in [-0.2, -0.15) is 0 Å². The molecule has 4 unspecified atom stereocenters. The normalized spacial score (nSPS) is 28.7. The lowest BCUT2D eigenvalue weighted by molar-refractivity contribution is 0.0270. The van der Waals surface area contributed by atoms with Gasteiger partial charge in [0.25, 0.3) is 0 Å².